The highest BCUT2D eigenvalue weighted by Gasteiger charge is 2.22. The van der Waals surface area contributed by atoms with E-state index < -0.39 is 19.9 Å². The largest absolute Gasteiger partial charge is 0.447 e. The summed E-state index contributed by atoms with van der Waals surface area (Å²) < 4.78 is 53.1. The Kier molecular flexibility index (Phi) is 4.52. The highest BCUT2D eigenvalue weighted by molar-refractivity contribution is 7.91. The molecule has 1 heterocycles. The standard InChI is InChI=1S/C11H18N2O5S2/c1-19(14,15)7-6-13-20(16,17)11-5-4-10(18-11)8-12-9-2-3-9/h4-5,9,12-13H,2-3,6-8H2,1H3. The number of sulfone groups is 1. The number of furan rings is 1. The van der Waals surface area contributed by atoms with Gasteiger partial charge in [-0.25, -0.2) is 21.6 Å². The number of sulfonamides is 1. The molecule has 1 aliphatic rings. The maximum absolute atomic E-state index is 11.9. The normalized spacial score (nSPS) is 16.4. The van der Waals surface area contributed by atoms with Crippen LogP contribution in [0.25, 0.3) is 0 Å². The lowest BCUT2D eigenvalue weighted by atomic mass is 10.4. The summed E-state index contributed by atoms with van der Waals surface area (Å²) in [5.41, 5.74) is 0. The average Bonchev–Trinajstić information content (AvgIpc) is 3.01. The van der Waals surface area contributed by atoms with Crippen LogP contribution in [-0.4, -0.2) is 41.4 Å². The Balaban J connectivity index is 1.91. The summed E-state index contributed by atoms with van der Waals surface area (Å²) in [5, 5.41) is 3.02. The Labute approximate surface area is 118 Å². The summed E-state index contributed by atoms with van der Waals surface area (Å²) in [7, 11) is -7.00. The van der Waals surface area contributed by atoms with Crippen LogP contribution < -0.4 is 10.0 Å². The van der Waals surface area contributed by atoms with Crippen LogP contribution >= 0.6 is 0 Å². The monoisotopic (exact) mass is 322 g/mol. The molecular weight excluding hydrogens is 304 g/mol. The van der Waals surface area contributed by atoms with Crippen LogP contribution in [0.2, 0.25) is 0 Å². The summed E-state index contributed by atoms with van der Waals surface area (Å²) in [4.78, 5) is 0. The molecule has 1 fully saturated rings. The highest BCUT2D eigenvalue weighted by atomic mass is 32.2. The molecule has 0 bridgehead atoms. The van der Waals surface area contributed by atoms with E-state index in [9.17, 15) is 16.8 Å². The second kappa shape index (κ2) is 5.84. The first-order chi connectivity index (χ1) is 9.26. The van der Waals surface area contributed by atoms with Gasteiger partial charge in [0.25, 0.3) is 10.0 Å². The molecule has 2 N–H and O–H groups in total. The highest BCUT2D eigenvalue weighted by Crippen LogP contribution is 2.20. The van der Waals surface area contributed by atoms with E-state index in [0.717, 1.165) is 19.1 Å². The molecule has 0 aromatic carbocycles. The molecule has 0 atom stereocenters. The van der Waals surface area contributed by atoms with Gasteiger partial charge in [0.2, 0.25) is 5.09 Å². The molecule has 20 heavy (non-hydrogen) atoms. The molecule has 1 aromatic rings. The lowest BCUT2D eigenvalue weighted by Gasteiger charge is -2.03. The summed E-state index contributed by atoms with van der Waals surface area (Å²) in [6.45, 7) is 0.320. The van der Waals surface area contributed by atoms with E-state index in [2.05, 4.69) is 10.0 Å². The van der Waals surface area contributed by atoms with Crippen LogP contribution in [-0.2, 0) is 26.4 Å². The van der Waals surface area contributed by atoms with Crippen molar-refractivity contribution in [2.24, 2.45) is 0 Å². The topological polar surface area (TPSA) is 105 Å². The Morgan fingerprint density at radius 2 is 1.95 bits per heavy atom. The van der Waals surface area contributed by atoms with Gasteiger partial charge in [0.05, 0.1) is 12.3 Å². The first kappa shape index (κ1) is 15.5. The van der Waals surface area contributed by atoms with Gasteiger partial charge in [-0.1, -0.05) is 0 Å². The first-order valence-corrected chi connectivity index (χ1v) is 9.80. The van der Waals surface area contributed by atoms with Crippen molar-refractivity contribution < 1.29 is 21.3 Å². The van der Waals surface area contributed by atoms with Gasteiger partial charge in [-0.15, -0.1) is 0 Å². The molecule has 0 amide bonds. The molecule has 1 aliphatic carbocycles. The molecule has 0 unspecified atom stereocenters. The van der Waals surface area contributed by atoms with Crippen molar-refractivity contribution in [2.45, 2.75) is 30.5 Å². The van der Waals surface area contributed by atoms with Gasteiger partial charge in [-0.2, -0.15) is 0 Å². The van der Waals surface area contributed by atoms with Crippen molar-refractivity contribution in [1.29, 1.82) is 0 Å². The van der Waals surface area contributed by atoms with Crippen molar-refractivity contribution >= 4 is 19.9 Å². The third-order valence-electron chi connectivity index (χ3n) is 2.81. The molecule has 1 saturated carbocycles. The predicted molar refractivity (Wildman–Crippen MR) is 73.5 cm³/mol. The van der Waals surface area contributed by atoms with Crippen molar-refractivity contribution in [2.75, 3.05) is 18.6 Å². The van der Waals surface area contributed by atoms with Crippen molar-refractivity contribution in [3.05, 3.63) is 17.9 Å². The predicted octanol–water partition coefficient (Wildman–Crippen LogP) is -0.145. The van der Waals surface area contributed by atoms with Crippen LogP contribution in [0.1, 0.15) is 18.6 Å². The Morgan fingerprint density at radius 1 is 1.25 bits per heavy atom. The van der Waals surface area contributed by atoms with Crippen LogP contribution in [0.4, 0.5) is 0 Å². The molecule has 0 radical (unpaired) electrons. The Bertz CT molecular complexity index is 659. The molecule has 9 heteroatoms. The van der Waals surface area contributed by atoms with Gasteiger partial charge < -0.3 is 9.73 Å². The van der Waals surface area contributed by atoms with E-state index in [1.54, 1.807) is 6.07 Å². The molecular formula is C11H18N2O5S2. The summed E-state index contributed by atoms with van der Waals surface area (Å²) in [5.74, 6) is 0.295. The molecule has 7 nitrogen and oxygen atoms in total. The van der Waals surface area contributed by atoms with Gasteiger partial charge >= 0.3 is 0 Å². The first-order valence-electron chi connectivity index (χ1n) is 6.26. The third kappa shape index (κ3) is 4.89. The maximum Gasteiger partial charge on any atom is 0.273 e. The fourth-order valence-electron chi connectivity index (χ4n) is 1.56. The van der Waals surface area contributed by atoms with Gasteiger partial charge in [0.15, 0.2) is 0 Å². The van der Waals surface area contributed by atoms with Gasteiger partial charge in [-0.05, 0) is 25.0 Å². The third-order valence-corrected chi connectivity index (χ3v) is 5.09. The van der Waals surface area contributed by atoms with Crippen LogP contribution in [0, 0.1) is 0 Å². The van der Waals surface area contributed by atoms with E-state index >= 15 is 0 Å². The quantitative estimate of drug-likeness (QED) is 0.690. The molecule has 0 aliphatic heterocycles. The summed E-state index contributed by atoms with van der Waals surface area (Å²) >= 11 is 0. The van der Waals surface area contributed by atoms with Crippen molar-refractivity contribution in [3.63, 3.8) is 0 Å². The SMILES string of the molecule is CS(=O)(=O)CCNS(=O)(=O)c1ccc(CNC2CC2)o1. The van der Waals surface area contributed by atoms with E-state index in [4.69, 9.17) is 4.42 Å². The van der Waals surface area contributed by atoms with Crippen LogP contribution in [0.5, 0.6) is 0 Å². The zero-order chi connectivity index (χ0) is 14.8. The summed E-state index contributed by atoms with van der Waals surface area (Å²) in [6.07, 6.45) is 3.33. The van der Waals surface area contributed by atoms with Crippen LogP contribution in [0.3, 0.4) is 0 Å². The Hall–Kier alpha value is -0.900. The molecule has 0 saturated heterocycles. The van der Waals surface area contributed by atoms with Gasteiger partial charge in [0.1, 0.15) is 15.6 Å². The summed E-state index contributed by atoms with van der Waals surface area (Å²) in [6, 6.07) is 3.47. The van der Waals surface area contributed by atoms with Crippen LogP contribution in [0.15, 0.2) is 21.6 Å². The minimum absolute atomic E-state index is 0.169. The number of nitrogens with one attached hydrogen (secondary N) is 2. The van der Waals surface area contributed by atoms with Gasteiger partial charge in [0, 0.05) is 18.8 Å². The minimum atomic E-state index is -3.79. The maximum atomic E-state index is 11.9. The van der Waals surface area contributed by atoms with Crippen molar-refractivity contribution in [3.8, 4) is 0 Å². The average molecular weight is 322 g/mol. The number of hydrogen-bond donors (Lipinski definition) is 2. The fourth-order valence-corrected chi connectivity index (χ4v) is 3.14. The second-order valence-electron chi connectivity index (χ2n) is 4.90. The number of hydrogen-bond acceptors (Lipinski definition) is 6. The molecule has 0 spiro atoms. The number of rotatable bonds is 8. The zero-order valence-electron chi connectivity index (χ0n) is 11.1. The van der Waals surface area contributed by atoms with E-state index in [-0.39, 0.29) is 17.4 Å². The van der Waals surface area contributed by atoms with E-state index in [0.29, 0.717) is 18.3 Å². The Morgan fingerprint density at radius 3 is 2.55 bits per heavy atom. The zero-order valence-corrected chi connectivity index (χ0v) is 12.8. The minimum Gasteiger partial charge on any atom is -0.447 e. The second-order valence-corrected chi connectivity index (χ2v) is 8.86. The fraction of sp³-hybridized carbons (Fsp3) is 0.636. The lowest BCUT2D eigenvalue weighted by molar-refractivity contribution is 0.399. The molecule has 114 valence electrons. The van der Waals surface area contributed by atoms with E-state index in [1.807, 2.05) is 0 Å². The lowest BCUT2D eigenvalue weighted by Crippen LogP contribution is -2.28. The van der Waals surface area contributed by atoms with E-state index in [1.165, 1.54) is 6.07 Å². The molecule has 1 aromatic heterocycles. The van der Waals surface area contributed by atoms with Gasteiger partial charge in [-0.3, -0.25) is 0 Å². The smallest absolute Gasteiger partial charge is 0.273 e. The molecule has 2 rings (SSSR count). The van der Waals surface area contributed by atoms with Crippen molar-refractivity contribution in [1.82, 2.24) is 10.0 Å².